The van der Waals surface area contributed by atoms with Crippen molar-refractivity contribution in [1.29, 1.82) is 0 Å². The number of para-hydroxylation sites is 1. The molecule has 1 saturated heterocycles. The number of rotatable bonds is 4. The molecule has 0 bridgehead atoms. The summed E-state index contributed by atoms with van der Waals surface area (Å²) >= 11 is 0. The van der Waals surface area contributed by atoms with E-state index in [2.05, 4.69) is 83.6 Å². The molecule has 3 nitrogen and oxygen atoms in total. The number of aromatic nitrogens is 1. The van der Waals surface area contributed by atoms with Gasteiger partial charge in [0.2, 0.25) is 0 Å². The highest BCUT2D eigenvalue weighted by atomic mass is 15.2. The Morgan fingerprint density at radius 3 is 2.36 bits per heavy atom. The largest absolute Gasteiger partial charge is 0.354 e. The van der Waals surface area contributed by atoms with Gasteiger partial charge in [0, 0.05) is 48.3 Å². The van der Waals surface area contributed by atoms with Gasteiger partial charge in [0.25, 0.3) is 0 Å². The predicted octanol–water partition coefficient (Wildman–Crippen LogP) is 4.06. The van der Waals surface area contributed by atoms with E-state index in [1.165, 1.54) is 27.7 Å². The van der Waals surface area contributed by atoms with Gasteiger partial charge in [-0.3, -0.25) is 4.90 Å². The van der Waals surface area contributed by atoms with Gasteiger partial charge in [-0.2, -0.15) is 0 Å². The van der Waals surface area contributed by atoms with Crippen molar-refractivity contribution >= 4 is 10.9 Å². The molecule has 0 amide bonds. The third kappa shape index (κ3) is 3.48. The van der Waals surface area contributed by atoms with Gasteiger partial charge < -0.3 is 10.3 Å². The van der Waals surface area contributed by atoms with E-state index in [0.717, 1.165) is 26.1 Å². The fraction of sp³-hybridized carbons (Fsp3) is 0.364. The summed E-state index contributed by atoms with van der Waals surface area (Å²) in [7, 11) is 0. The summed E-state index contributed by atoms with van der Waals surface area (Å²) in [5.74, 6) is 0. The normalized spacial score (nSPS) is 21.7. The van der Waals surface area contributed by atoms with E-state index in [4.69, 9.17) is 0 Å². The highest BCUT2D eigenvalue weighted by Gasteiger charge is 2.21. The van der Waals surface area contributed by atoms with Crippen LogP contribution in [-0.4, -0.2) is 41.6 Å². The average Bonchev–Trinajstić information content (AvgIpc) is 2.98. The van der Waals surface area contributed by atoms with Crippen LogP contribution in [0.15, 0.2) is 54.6 Å². The Labute approximate surface area is 150 Å². The van der Waals surface area contributed by atoms with E-state index in [1.54, 1.807) is 0 Å². The number of H-pyrrole nitrogens is 1. The molecule has 1 aliphatic rings. The zero-order chi connectivity index (χ0) is 17.2. The minimum Gasteiger partial charge on any atom is -0.354 e. The first-order valence-corrected chi connectivity index (χ1v) is 9.34. The fourth-order valence-electron chi connectivity index (χ4n) is 4.20. The summed E-state index contributed by atoms with van der Waals surface area (Å²) in [6, 6.07) is 20.5. The summed E-state index contributed by atoms with van der Waals surface area (Å²) in [5.41, 5.74) is 5.23. The number of hydrogen-bond donors (Lipinski definition) is 2. The molecule has 130 valence electrons. The molecule has 25 heavy (non-hydrogen) atoms. The van der Waals surface area contributed by atoms with Crippen LogP contribution in [0.3, 0.4) is 0 Å². The lowest BCUT2D eigenvalue weighted by Crippen LogP contribution is -2.54. The maximum atomic E-state index is 3.65. The molecule has 1 aliphatic heterocycles. The van der Waals surface area contributed by atoms with Crippen molar-refractivity contribution in [3.05, 3.63) is 60.2 Å². The second-order valence-electron chi connectivity index (χ2n) is 7.37. The van der Waals surface area contributed by atoms with Gasteiger partial charge in [-0.1, -0.05) is 48.5 Å². The molecular weight excluding hydrogens is 306 g/mol. The molecule has 3 heteroatoms. The zero-order valence-corrected chi connectivity index (χ0v) is 15.1. The molecule has 0 radical (unpaired) electrons. The molecule has 2 aromatic carbocycles. The van der Waals surface area contributed by atoms with Crippen molar-refractivity contribution in [2.75, 3.05) is 19.6 Å². The SMILES string of the molecule is CC1CN(CCc2c(-c3ccccc3)[nH]c3ccccc23)CC(C)N1. The van der Waals surface area contributed by atoms with Crippen molar-refractivity contribution in [1.82, 2.24) is 15.2 Å². The zero-order valence-electron chi connectivity index (χ0n) is 15.1. The van der Waals surface area contributed by atoms with Gasteiger partial charge in [-0.25, -0.2) is 0 Å². The highest BCUT2D eigenvalue weighted by molar-refractivity contribution is 5.90. The summed E-state index contributed by atoms with van der Waals surface area (Å²) < 4.78 is 0. The summed E-state index contributed by atoms with van der Waals surface area (Å²) in [6.45, 7) is 7.94. The van der Waals surface area contributed by atoms with Crippen LogP contribution in [0.2, 0.25) is 0 Å². The first kappa shape index (κ1) is 16.4. The summed E-state index contributed by atoms with van der Waals surface area (Å²) in [4.78, 5) is 6.25. The minimum absolute atomic E-state index is 0.570. The van der Waals surface area contributed by atoms with Crippen LogP contribution in [-0.2, 0) is 6.42 Å². The van der Waals surface area contributed by atoms with Crippen LogP contribution < -0.4 is 5.32 Å². The predicted molar refractivity (Wildman–Crippen MR) is 106 cm³/mol. The Bertz CT molecular complexity index is 827. The molecule has 2 heterocycles. The van der Waals surface area contributed by atoms with Gasteiger partial charge in [-0.15, -0.1) is 0 Å². The van der Waals surface area contributed by atoms with E-state index >= 15 is 0 Å². The number of nitrogens with zero attached hydrogens (tertiary/aromatic N) is 1. The van der Waals surface area contributed by atoms with E-state index in [0.29, 0.717) is 12.1 Å². The van der Waals surface area contributed by atoms with Crippen LogP contribution in [0.5, 0.6) is 0 Å². The standard InChI is InChI=1S/C22H27N3/c1-16-14-25(15-17(2)23-16)13-12-20-19-10-6-7-11-21(19)24-22(20)18-8-4-3-5-9-18/h3-11,16-17,23-24H,12-15H2,1-2H3. The van der Waals surface area contributed by atoms with Gasteiger partial charge in [0.15, 0.2) is 0 Å². The van der Waals surface area contributed by atoms with Crippen LogP contribution in [0.1, 0.15) is 19.4 Å². The molecule has 2 unspecified atom stereocenters. The van der Waals surface area contributed by atoms with E-state index < -0.39 is 0 Å². The Balaban J connectivity index is 1.64. The molecule has 1 aromatic heterocycles. The van der Waals surface area contributed by atoms with E-state index in [1.807, 2.05) is 0 Å². The van der Waals surface area contributed by atoms with Crippen molar-refractivity contribution in [2.24, 2.45) is 0 Å². The number of benzene rings is 2. The minimum atomic E-state index is 0.570. The van der Waals surface area contributed by atoms with E-state index in [-0.39, 0.29) is 0 Å². The van der Waals surface area contributed by atoms with Crippen molar-refractivity contribution in [3.63, 3.8) is 0 Å². The summed E-state index contributed by atoms with van der Waals surface area (Å²) in [5, 5.41) is 4.98. The maximum Gasteiger partial charge on any atom is 0.0497 e. The van der Waals surface area contributed by atoms with Crippen LogP contribution >= 0.6 is 0 Å². The average molecular weight is 333 g/mol. The Morgan fingerprint density at radius 2 is 1.60 bits per heavy atom. The van der Waals surface area contributed by atoms with Crippen LogP contribution in [0, 0.1) is 0 Å². The van der Waals surface area contributed by atoms with Gasteiger partial charge in [-0.05, 0) is 37.5 Å². The number of nitrogens with one attached hydrogen (secondary N) is 2. The number of piperazine rings is 1. The number of aromatic amines is 1. The fourth-order valence-corrected chi connectivity index (χ4v) is 4.20. The molecule has 0 saturated carbocycles. The number of fused-ring (bicyclic) bond motifs is 1. The van der Waals surface area contributed by atoms with Crippen LogP contribution in [0.4, 0.5) is 0 Å². The molecular formula is C22H27N3. The summed E-state index contributed by atoms with van der Waals surface area (Å²) in [6.07, 6.45) is 1.08. The van der Waals surface area contributed by atoms with Crippen LogP contribution in [0.25, 0.3) is 22.2 Å². The lowest BCUT2D eigenvalue weighted by molar-refractivity contribution is 0.175. The lowest BCUT2D eigenvalue weighted by Gasteiger charge is -2.36. The lowest BCUT2D eigenvalue weighted by atomic mass is 10.0. The molecule has 0 aliphatic carbocycles. The third-order valence-corrected chi connectivity index (χ3v) is 5.19. The maximum absolute atomic E-state index is 3.65. The van der Waals surface area contributed by atoms with E-state index in [9.17, 15) is 0 Å². The highest BCUT2D eigenvalue weighted by Crippen LogP contribution is 2.30. The Morgan fingerprint density at radius 1 is 0.920 bits per heavy atom. The van der Waals surface area contributed by atoms with Gasteiger partial charge in [0.1, 0.15) is 0 Å². The van der Waals surface area contributed by atoms with Crippen molar-refractivity contribution < 1.29 is 0 Å². The molecule has 4 rings (SSSR count). The monoisotopic (exact) mass is 333 g/mol. The number of hydrogen-bond acceptors (Lipinski definition) is 2. The molecule has 0 spiro atoms. The molecule has 1 fully saturated rings. The van der Waals surface area contributed by atoms with Crippen molar-refractivity contribution in [2.45, 2.75) is 32.4 Å². The molecule has 3 aromatic rings. The second-order valence-corrected chi connectivity index (χ2v) is 7.37. The first-order chi connectivity index (χ1) is 12.2. The van der Waals surface area contributed by atoms with Crippen molar-refractivity contribution in [3.8, 4) is 11.3 Å². The van der Waals surface area contributed by atoms with Gasteiger partial charge >= 0.3 is 0 Å². The second kappa shape index (κ2) is 7.03. The van der Waals surface area contributed by atoms with Gasteiger partial charge in [0.05, 0.1) is 0 Å². The first-order valence-electron chi connectivity index (χ1n) is 9.34. The quantitative estimate of drug-likeness (QED) is 0.754. The topological polar surface area (TPSA) is 31.1 Å². The molecule has 2 N–H and O–H groups in total. The Kier molecular flexibility index (Phi) is 4.60. The Hall–Kier alpha value is -2.10. The molecule has 2 atom stereocenters. The smallest absolute Gasteiger partial charge is 0.0497 e. The third-order valence-electron chi connectivity index (χ3n) is 5.19.